The summed E-state index contributed by atoms with van der Waals surface area (Å²) < 4.78 is 21.3. The SMILES string of the molecule is CC(C)c1nc(COCCO)n(Cc2ccccn2)c1Sc1cccc(F)c1. The summed E-state index contributed by atoms with van der Waals surface area (Å²) in [7, 11) is 0. The van der Waals surface area contributed by atoms with Crippen LogP contribution in [0.3, 0.4) is 0 Å². The van der Waals surface area contributed by atoms with Crippen molar-refractivity contribution in [3.05, 3.63) is 71.7 Å². The Morgan fingerprint density at radius 1 is 1.21 bits per heavy atom. The van der Waals surface area contributed by atoms with Crippen LogP contribution in [0.25, 0.3) is 0 Å². The molecule has 148 valence electrons. The third-order valence-corrected chi connectivity index (χ3v) is 5.21. The maximum atomic E-state index is 13.7. The Morgan fingerprint density at radius 3 is 2.75 bits per heavy atom. The molecule has 3 rings (SSSR count). The lowest BCUT2D eigenvalue weighted by Gasteiger charge is -2.13. The molecule has 0 atom stereocenters. The van der Waals surface area contributed by atoms with E-state index in [-0.39, 0.29) is 31.6 Å². The van der Waals surface area contributed by atoms with Gasteiger partial charge in [0.2, 0.25) is 0 Å². The summed E-state index contributed by atoms with van der Waals surface area (Å²) in [4.78, 5) is 10.1. The molecule has 1 N–H and O–H groups in total. The third kappa shape index (κ3) is 5.19. The summed E-state index contributed by atoms with van der Waals surface area (Å²) in [5.41, 5.74) is 1.84. The second kappa shape index (κ2) is 9.82. The zero-order valence-electron chi connectivity index (χ0n) is 16.0. The lowest BCUT2D eigenvalue weighted by atomic mass is 10.1. The van der Waals surface area contributed by atoms with Crippen molar-refractivity contribution in [2.24, 2.45) is 0 Å². The van der Waals surface area contributed by atoms with Gasteiger partial charge in [-0.1, -0.05) is 37.7 Å². The Bertz CT molecular complexity index is 900. The van der Waals surface area contributed by atoms with E-state index in [1.54, 1.807) is 12.3 Å². The predicted molar refractivity (Wildman–Crippen MR) is 107 cm³/mol. The van der Waals surface area contributed by atoms with Gasteiger partial charge in [0.25, 0.3) is 0 Å². The predicted octanol–water partition coefficient (Wildman–Crippen LogP) is 4.25. The van der Waals surface area contributed by atoms with Crippen molar-refractivity contribution in [3.63, 3.8) is 0 Å². The van der Waals surface area contributed by atoms with Crippen LogP contribution >= 0.6 is 11.8 Å². The van der Waals surface area contributed by atoms with Gasteiger partial charge in [-0.05, 0) is 36.2 Å². The van der Waals surface area contributed by atoms with E-state index >= 15 is 0 Å². The number of imidazole rings is 1. The van der Waals surface area contributed by atoms with Crippen LogP contribution in [0.5, 0.6) is 0 Å². The van der Waals surface area contributed by atoms with Crippen molar-refractivity contribution in [1.82, 2.24) is 14.5 Å². The van der Waals surface area contributed by atoms with Crippen LogP contribution < -0.4 is 0 Å². The molecular formula is C21H24FN3O2S. The molecule has 0 amide bonds. The number of rotatable bonds is 9. The van der Waals surface area contributed by atoms with E-state index in [1.165, 1.54) is 23.9 Å². The van der Waals surface area contributed by atoms with Crippen LogP contribution in [0, 0.1) is 5.82 Å². The molecule has 0 spiro atoms. The van der Waals surface area contributed by atoms with E-state index in [0.29, 0.717) is 6.54 Å². The van der Waals surface area contributed by atoms with E-state index in [2.05, 4.69) is 23.4 Å². The monoisotopic (exact) mass is 401 g/mol. The second-order valence-corrected chi connectivity index (χ2v) is 7.68. The largest absolute Gasteiger partial charge is 0.394 e. The lowest BCUT2D eigenvalue weighted by molar-refractivity contribution is 0.0758. The van der Waals surface area contributed by atoms with Crippen LogP contribution in [0.15, 0.2) is 58.6 Å². The Balaban J connectivity index is 2.02. The molecule has 0 aliphatic rings. The molecular weight excluding hydrogens is 377 g/mol. The normalized spacial score (nSPS) is 11.3. The maximum absolute atomic E-state index is 13.7. The molecule has 28 heavy (non-hydrogen) atoms. The number of benzene rings is 1. The fraction of sp³-hybridized carbons (Fsp3) is 0.333. The Morgan fingerprint density at radius 2 is 2.07 bits per heavy atom. The topological polar surface area (TPSA) is 60.2 Å². The van der Waals surface area contributed by atoms with Crippen LogP contribution in [-0.2, 0) is 17.9 Å². The summed E-state index contributed by atoms with van der Waals surface area (Å²) in [5.74, 6) is 0.692. The molecule has 0 aliphatic heterocycles. The van der Waals surface area contributed by atoms with Crippen LogP contribution in [-0.4, -0.2) is 32.9 Å². The lowest BCUT2D eigenvalue weighted by Crippen LogP contribution is -2.10. The Labute approximate surface area is 168 Å². The number of nitrogens with zero attached hydrogens (tertiary/aromatic N) is 3. The van der Waals surface area contributed by atoms with Crippen molar-refractivity contribution >= 4 is 11.8 Å². The van der Waals surface area contributed by atoms with E-state index in [9.17, 15) is 4.39 Å². The van der Waals surface area contributed by atoms with E-state index in [4.69, 9.17) is 14.8 Å². The summed E-state index contributed by atoms with van der Waals surface area (Å²) in [6.07, 6.45) is 1.76. The van der Waals surface area contributed by atoms with Crippen molar-refractivity contribution < 1.29 is 14.2 Å². The van der Waals surface area contributed by atoms with E-state index in [1.807, 2.05) is 24.3 Å². The van der Waals surface area contributed by atoms with Gasteiger partial charge < -0.3 is 14.4 Å². The highest BCUT2D eigenvalue weighted by Gasteiger charge is 2.21. The zero-order valence-corrected chi connectivity index (χ0v) is 16.8. The molecule has 0 saturated heterocycles. The number of halogens is 1. The first-order chi connectivity index (χ1) is 13.6. The minimum absolute atomic E-state index is 0.0388. The summed E-state index contributed by atoms with van der Waals surface area (Å²) >= 11 is 1.49. The second-order valence-electron chi connectivity index (χ2n) is 6.62. The average molecular weight is 402 g/mol. The molecule has 2 aromatic heterocycles. The smallest absolute Gasteiger partial charge is 0.136 e. The Kier molecular flexibility index (Phi) is 7.19. The highest BCUT2D eigenvalue weighted by Crippen LogP contribution is 2.35. The fourth-order valence-corrected chi connectivity index (χ4v) is 3.99. The highest BCUT2D eigenvalue weighted by molar-refractivity contribution is 7.99. The minimum atomic E-state index is -0.265. The molecule has 2 heterocycles. The quantitative estimate of drug-likeness (QED) is 0.543. The number of aromatic nitrogens is 3. The molecule has 7 heteroatoms. The van der Waals surface area contributed by atoms with Gasteiger partial charge in [-0.15, -0.1) is 0 Å². The van der Waals surface area contributed by atoms with Gasteiger partial charge in [-0.25, -0.2) is 9.37 Å². The van der Waals surface area contributed by atoms with Gasteiger partial charge in [0.05, 0.1) is 31.1 Å². The summed E-state index contributed by atoms with van der Waals surface area (Å²) in [6, 6.07) is 12.3. The van der Waals surface area contributed by atoms with Crippen molar-refractivity contribution in [2.45, 2.75) is 42.8 Å². The summed E-state index contributed by atoms with van der Waals surface area (Å²) in [5, 5.41) is 9.97. The summed E-state index contributed by atoms with van der Waals surface area (Å²) in [6.45, 7) is 5.21. The average Bonchev–Trinajstić information content (AvgIpc) is 3.01. The molecule has 0 fully saturated rings. The minimum Gasteiger partial charge on any atom is -0.394 e. The van der Waals surface area contributed by atoms with Gasteiger partial charge >= 0.3 is 0 Å². The first kappa shape index (κ1) is 20.5. The number of hydrogen-bond donors (Lipinski definition) is 1. The van der Waals surface area contributed by atoms with Crippen molar-refractivity contribution in [1.29, 1.82) is 0 Å². The van der Waals surface area contributed by atoms with Crippen LogP contribution in [0.2, 0.25) is 0 Å². The number of aliphatic hydroxyl groups is 1. The van der Waals surface area contributed by atoms with Crippen LogP contribution in [0.1, 0.15) is 37.0 Å². The molecule has 3 aromatic rings. The standard InChI is InChI=1S/C21H24FN3O2S/c1-15(2)20-21(28-18-8-5-6-16(22)12-18)25(13-17-7-3-4-9-23-17)19(24-20)14-27-11-10-26/h3-9,12,15,26H,10-11,13-14H2,1-2H3. The maximum Gasteiger partial charge on any atom is 0.136 e. The molecule has 0 unspecified atom stereocenters. The van der Waals surface area contributed by atoms with E-state index in [0.717, 1.165) is 27.1 Å². The van der Waals surface area contributed by atoms with Gasteiger partial charge in [-0.3, -0.25) is 4.98 Å². The molecule has 5 nitrogen and oxygen atoms in total. The molecule has 0 radical (unpaired) electrons. The van der Waals surface area contributed by atoms with Gasteiger partial charge in [0.1, 0.15) is 23.3 Å². The first-order valence-corrected chi connectivity index (χ1v) is 10.0. The van der Waals surface area contributed by atoms with Crippen molar-refractivity contribution in [2.75, 3.05) is 13.2 Å². The number of ether oxygens (including phenoxy) is 1. The zero-order chi connectivity index (χ0) is 19.9. The third-order valence-electron chi connectivity index (χ3n) is 4.10. The first-order valence-electron chi connectivity index (χ1n) is 9.19. The van der Waals surface area contributed by atoms with Crippen LogP contribution in [0.4, 0.5) is 4.39 Å². The number of hydrogen-bond acceptors (Lipinski definition) is 5. The molecule has 0 bridgehead atoms. The number of aliphatic hydroxyl groups excluding tert-OH is 1. The Hall–Kier alpha value is -2.22. The molecule has 1 aromatic carbocycles. The van der Waals surface area contributed by atoms with E-state index < -0.39 is 0 Å². The fourth-order valence-electron chi connectivity index (χ4n) is 2.78. The van der Waals surface area contributed by atoms with Crippen molar-refractivity contribution in [3.8, 4) is 0 Å². The molecule has 0 saturated carbocycles. The van der Waals surface area contributed by atoms with Gasteiger partial charge in [-0.2, -0.15) is 0 Å². The highest BCUT2D eigenvalue weighted by atomic mass is 32.2. The number of pyridine rings is 1. The van der Waals surface area contributed by atoms with Gasteiger partial charge in [0.15, 0.2) is 0 Å². The molecule has 0 aliphatic carbocycles. The van der Waals surface area contributed by atoms with Gasteiger partial charge in [0, 0.05) is 11.1 Å².